The number of anilines is 1. The molecule has 33 heavy (non-hydrogen) atoms. The highest BCUT2D eigenvalue weighted by Crippen LogP contribution is 2.51. The van der Waals surface area contributed by atoms with Gasteiger partial charge < -0.3 is 19.5 Å². The lowest BCUT2D eigenvalue weighted by atomic mass is 10.0. The molecule has 0 aliphatic heterocycles. The van der Waals surface area contributed by atoms with Crippen molar-refractivity contribution in [1.29, 1.82) is 0 Å². The number of hydrogen-bond donors (Lipinski definition) is 2. The zero-order chi connectivity index (χ0) is 24.0. The number of fused-ring (bicyclic) bond motifs is 1. The Bertz CT molecular complexity index is 1090. The molecule has 11 heteroatoms. The lowest BCUT2D eigenvalue weighted by molar-refractivity contribution is 0.259. The minimum absolute atomic E-state index is 0.0131. The highest BCUT2D eigenvalue weighted by molar-refractivity contribution is 7.99. The maximum absolute atomic E-state index is 12.6. The standard InChI is InChI=1S/C22H31N4O4PS2/c1-14(2)11-17(12-27)23-20-19-21(24-18(33-19)13-31(28,29-4)30-5)26-22(25-20)32-15(3)16-9-7-6-8-10-16/h6-10,14-15,17,27H,11-13H2,1-5H3,(H,23,25,26)/t15-,17?/m0/s1. The molecule has 3 rings (SSSR count). The molecule has 0 saturated heterocycles. The summed E-state index contributed by atoms with van der Waals surface area (Å²) in [5.41, 5.74) is 1.70. The number of aliphatic hydroxyl groups excluding tert-OH is 1. The number of rotatable bonds is 12. The van der Waals surface area contributed by atoms with Gasteiger partial charge in [0.2, 0.25) is 0 Å². The van der Waals surface area contributed by atoms with Gasteiger partial charge in [0.1, 0.15) is 15.9 Å². The highest BCUT2D eigenvalue weighted by Gasteiger charge is 2.26. The summed E-state index contributed by atoms with van der Waals surface area (Å²) in [7, 11) is -0.540. The normalized spacial score (nSPS) is 14.0. The van der Waals surface area contributed by atoms with E-state index in [-0.39, 0.29) is 24.1 Å². The number of benzene rings is 1. The van der Waals surface area contributed by atoms with Crippen LogP contribution in [0.4, 0.5) is 5.82 Å². The summed E-state index contributed by atoms with van der Waals surface area (Å²) in [6.45, 7) is 6.32. The van der Waals surface area contributed by atoms with Gasteiger partial charge in [-0.15, -0.1) is 11.3 Å². The first kappa shape index (κ1) is 26.1. The molecule has 0 saturated carbocycles. The number of aliphatic hydroxyl groups is 1. The van der Waals surface area contributed by atoms with Crippen LogP contribution in [0.2, 0.25) is 0 Å². The van der Waals surface area contributed by atoms with E-state index in [1.807, 2.05) is 18.2 Å². The molecule has 0 fully saturated rings. The van der Waals surface area contributed by atoms with E-state index in [1.54, 1.807) is 11.8 Å². The molecule has 180 valence electrons. The second-order valence-electron chi connectivity index (χ2n) is 8.07. The van der Waals surface area contributed by atoms with E-state index in [0.717, 1.165) is 11.1 Å². The molecule has 1 aromatic carbocycles. The summed E-state index contributed by atoms with van der Waals surface area (Å²) < 4.78 is 23.5. The van der Waals surface area contributed by atoms with Gasteiger partial charge in [0.05, 0.1) is 12.6 Å². The zero-order valence-corrected chi connectivity index (χ0v) is 22.0. The molecule has 8 nitrogen and oxygen atoms in total. The Hall–Kier alpha value is -1.55. The molecular formula is C22H31N4O4PS2. The first-order chi connectivity index (χ1) is 15.8. The van der Waals surface area contributed by atoms with Crippen LogP contribution in [-0.4, -0.2) is 46.9 Å². The number of nitrogens with one attached hydrogen (secondary N) is 1. The summed E-state index contributed by atoms with van der Waals surface area (Å²) >= 11 is 2.90. The van der Waals surface area contributed by atoms with Crippen molar-refractivity contribution in [2.24, 2.45) is 5.92 Å². The van der Waals surface area contributed by atoms with E-state index in [9.17, 15) is 9.67 Å². The van der Waals surface area contributed by atoms with E-state index in [4.69, 9.17) is 14.0 Å². The van der Waals surface area contributed by atoms with Crippen LogP contribution in [-0.2, 0) is 19.8 Å². The fourth-order valence-corrected chi connectivity index (χ4v) is 6.51. The summed E-state index contributed by atoms with van der Waals surface area (Å²) in [6.07, 6.45) is 0.845. The van der Waals surface area contributed by atoms with E-state index in [0.29, 0.717) is 27.5 Å². The quantitative estimate of drug-likeness (QED) is 0.179. The highest BCUT2D eigenvalue weighted by atomic mass is 32.2. The Labute approximate surface area is 203 Å². The van der Waals surface area contributed by atoms with Crippen LogP contribution in [0.25, 0.3) is 10.3 Å². The third kappa shape index (κ3) is 6.97. The number of hydrogen-bond acceptors (Lipinski definition) is 10. The second-order valence-corrected chi connectivity index (χ2v) is 12.7. The largest absolute Gasteiger partial charge is 0.394 e. The molecule has 2 atom stereocenters. The lowest BCUT2D eigenvalue weighted by Crippen LogP contribution is -2.26. The topological polar surface area (TPSA) is 106 Å². The fourth-order valence-electron chi connectivity index (χ4n) is 3.33. The molecule has 0 aliphatic rings. The maximum atomic E-state index is 12.6. The fraction of sp³-hybridized carbons (Fsp3) is 0.500. The van der Waals surface area contributed by atoms with Crippen molar-refractivity contribution in [1.82, 2.24) is 15.0 Å². The van der Waals surface area contributed by atoms with Crippen molar-refractivity contribution in [2.45, 2.75) is 49.8 Å². The third-order valence-electron chi connectivity index (χ3n) is 5.03. The Morgan fingerprint density at radius 2 is 1.82 bits per heavy atom. The molecule has 1 unspecified atom stereocenters. The number of nitrogens with zero attached hydrogens (tertiary/aromatic N) is 3. The molecule has 2 N–H and O–H groups in total. The Morgan fingerprint density at radius 3 is 2.42 bits per heavy atom. The van der Waals surface area contributed by atoms with Crippen molar-refractivity contribution in [3.8, 4) is 0 Å². The van der Waals surface area contributed by atoms with Crippen molar-refractivity contribution in [2.75, 3.05) is 26.1 Å². The average Bonchev–Trinajstić information content (AvgIpc) is 3.20. The molecule has 3 aromatic rings. The summed E-state index contributed by atoms with van der Waals surface area (Å²) in [4.78, 5) is 14.1. The van der Waals surface area contributed by atoms with Gasteiger partial charge in [-0.25, -0.2) is 15.0 Å². The molecular weight excluding hydrogens is 479 g/mol. The number of aromatic nitrogens is 3. The van der Waals surface area contributed by atoms with Crippen LogP contribution < -0.4 is 5.32 Å². The average molecular weight is 511 g/mol. The van der Waals surface area contributed by atoms with Gasteiger partial charge in [-0.05, 0) is 24.8 Å². The monoisotopic (exact) mass is 510 g/mol. The van der Waals surface area contributed by atoms with Crippen molar-refractivity contribution < 1.29 is 18.7 Å². The minimum Gasteiger partial charge on any atom is -0.394 e. The van der Waals surface area contributed by atoms with Gasteiger partial charge in [-0.3, -0.25) is 4.57 Å². The molecule has 2 aromatic heterocycles. The van der Waals surface area contributed by atoms with Crippen LogP contribution in [0.3, 0.4) is 0 Å². The van der Waals surface area contributed by atoms with Gasteiger partial charge in [0, 0.05) is 19.5 Å². The molecule has 2 heterocycles. The van der Waals surface area contributed by atoms with Gasteiger partial charge in [-0.1, -0.05) is 55.9 Å². The van der Waals surface area contributed by atoms with Gasteiger partial charge >= 0.3 is 7.60 Å². The van der Waals surface area contributed by atoms with Crippen LogP contribution in [0.1, 0.15) is 43.0 Å². The first-order valence-electron chi connectivity index (χ1n) is 10.7. The maximum Gasteiger partial charge on any atom is 0.336 e. The minimum atomic E-state index is -3.27. The number of thioether (sulfide) groups is 1. The Balaban J connectivity index is 1.98. The Morgan fingerprint density at radius 1 is 1.12 bits per heavy atom. The predicted octanol–water partition coefficient (Wildman–Crippen LogP) is 5.74. The van der Waals surface area contributed by atoms with Crippen LogP contribution in [0.15, 0.2) is 35.5 Å². The summed E-state index contributed by atoms with van der Waals surface area (Å²) in [5.74, 6) is 1.03. The molecule has 0 spiro atoms. The van der Waals surface area contributed by atoms with Gasteiger partial charge in [0.25, 0.3) is 0 Å². The van der Waals surface area contributed by atoms with Crippen molar-refractivity contribution >= 4 is 46.9 Å². The van der Waals surface area contributed by atoms with Gasteiger partial charge in [0.15, 0.2) is 16.6 Å². The second kappa shape index (κ2) is 11.7. The lowest BCUT2D eigenvalue weighted by Gasteiger charge is -2.19. The van der Waals surface area contributed by atoms with E-state index in [1.165, 1.54) is 31.1 Å². The van der Waals surface area contributed by atoms with Crippen molar-refractivity contribution in [3.63, 3.8) is 0 Å². The van der Waals surface area contributed by atoms with Crippen LogP contribution in [0, 0.1) is 5.92 Å². The molecule has 0 bridgehead atoms. The molecule has 0 aliphatic carbocycles. The summed E-state index contributed by atoms with van der Waals surface area (Å²) in [5, 5.41) is 14.6. The SMILES string of the molecule is COP(=O)(Cc1nc2nc(S[C@@H](C)c3ccccc3)nc(NC(CO)CC(C)C)c2s1)OC. The van der Waals surface area contributed by atoms with Crippen molar-refractivity contribution in [3.05, 3.63) is 40.9 Å². The summed E-state index contributed by atoms with van der Waals surface area (Å²) in [6, 6.07) is 10.0. The van der Waals surface area contributed by atoms with Crippen LogP contribution >= 0.6 is 30.7 Å². The zero-order valence-electron chi connectivity index (χ0n) is 19.5. The van der Waals surface area contributed by atoms with E-state index >= 15 is 0 Å². The third-order valence-corrected chi connectivity index (χ3v) is 9.12. The molecule has 0 radical (unpaired) electrons. The number of thiazole rings is 1. The predicted molar refractivity (Wildman–Crippen MR) is 135 cm³/mol. The smallest absolute Gasteiger partial charge is 0.336 e. The van der Waals surface area contributed by atoms with Gasteiger partial charge in [-0.2, -0.15) is 0 Å². The van der Waals surface area contributed by atoms with E-state index < -0.39 is 7.60 Å². The van der Waals surface area contributed by atoms with Crippen LogP contribution in [0.5, 0.6) is 0 Å². The Kier molecular flexibility index (Phi) is 9.26. The molecule has 0 amide bonds. The van der Waals surface area contributed by atoms with E-state index in [2.05, 4.69) is 48.2 Å². The first-order valence-corrected chi connectivity index (χ1v) is 14.2.